The third kappa shape index (κ3) is 5.28. The number of carbonyl (C=O) groups is 1. The van der Waals surface area contributed by atoms with Gasteiger partial charge >= 0.3 is 6.03 Å². The molecule has 2 aromatic carbocycles. The number of halogens is 1. The van der Waals surface area contributed by atoms with Crippen molar-refractivity contribution in [2.75, 3.05) is 26.3 Å². The second-order valence-corrected chi connectivity index (χ2v) is 6.28. The van der Waals surface area contributed by atoms with Crippen molar-refractivity contribution < 1.29 is 13.9 Å². The van der Waals surface area contributed by atoms with E-state index in [0.717, 1.165) is 38.4 Å². The van der Waals surface area contributed by atoms with Gasteiger partial charge in [-0.25, -0.2) is 9.18 Å². The summed E-state index contributed by atoms with van der Waals surface area (Å²) < 4.78 is 19.0. The number of rotatable bonds is 6. The van der Waals surface area contributed by atoms with Crippen LogP contribution in [0.25, 0.3) is 0 Å². The highest BCUT2D eigenvalue weighted by atomic mass is 19.1. The molecule has 0 unspecified atom stereocenters. The average Bonchev–Trinajstić information content (AvgIpc) is 2.67. The predicted octanol–water partition coefficient (Wildman–Crippen LogP) is 2.66. The summed E-state index contributed by atoms with van der Waals surface area (Å²) in [6.07, 6.45) is 0. The van der Waals surface area contributed by atoms with E-state index < -0.39 is 0 Å². The monoisotopic (exact) mass is 357 g/mol. The van der Waals surface area contributed by atoms with Gasteiger partial charge < -0.3 is 15.4 Å². The van der Waals surface area contributed by atoms with E-state index in [-0.39, 0.29) is 18.4 Å². The summed E-state index contributed by atoms with van der Waals surface area (Å²) in [6, 6.07) is 14.2. The Hall–Kier alpha value is -2.44. The summed E-state index contributed by atoms with van der Waals surface area (Å²) in [7, 11) is 0. The van der Waals surface area contributed by atoms with Crippen LogP contribution in [0.4, 0.5) is 9.18 Å². The summed E-state index contributed by atoms with van der Waals surface area (Å²) in [6.45, 7) is 4.81. The first kappa shape index (κ1) is 18.4. The topological polar surface area (TPSA) is 53.6 Å². The maximum atomic E-state index is 13.6. The summed E-state index contributed by atoms with van der Waals surface area (Å²) in [5.41, 5.74) is 2.75. The van der Waals surface area contributed by atoms with E-state index in [1.165, 1.54) is 11.6 Å². The fourth-order valence-corrected chi connectivity index (χ4v) is 2.94. The molecule has 0 aromatic heterocycles. The number of morpholine rings is 1. The molecule has 0 radical (unpaired) electrons. The molecule has 2 amide bonds. The van der Waals surface area contributed by atoms with Gasteiger partial charge in [-0.2, -0.15) is 0 Å². The predicted molar refractivity (Wildman–Crippen MR) is 98.0 cm³/mol. The number of benzene rings is 2. The first-order valence-corrected chi connectivity index (χ1v) is 8.84. The Kier molecular flexibility index (Phi) is 6.57. The van der Waals surface area contributed by atoms with Crippen molar-refractivity contribution in [2.45, 2.75) is 19.6 Å². The molecule has 3 rings (SSSR count). The van der Waals surface area contributed by atoms with E-state index in [1.54, 1.807) is 18.2 Å². The Morgan fingerprint density at radius 1 is 0.923 bits per heavy atom. The van der Waals surface area contributed by atoms with Crippen LogP contribution in [0.1, 0.15) is 16.7 Å². The lowest BCUT2D eigenvalue weighted by Crippen LogP contribution is -2.37. The Morgan fingerprint density at radius 3 is 2.19 bits per heavy atom. The molecule has 1 aliphatic heterocycles. The number of ether oxygens (including phenoxy) is 1. The minimum Gasteiger partial charge on any atom is -0.379 e. The first-order chi connectivity index (χ1) is 12.7. The van der Waals surface area contributed by atoms with Crippen LogP contribution >= 0.6 is 0 Å². The number of carbonyl (C=O) groups excluding carboxylic acids is 1. The van der Waals surface area contributed by atoms with Gasteiger partial charge in [-0.15, -0.1) is 0 Å². The molecule has 1 aliphatic rings. The molecule has 0 aliphatic carbocycles. The number of amides is 2. The SMILES string of the molecule is O=C(NCc1ccccc1F)NCc1ccccc1CN1CCOCC1. The van der Waals surface area contributed by atoms with Gasteiger partial charge in [0.2, 0.25) is 0 Å². The average molecular weight is 357 g/mol. The minimum atomic E-state index is -0.316. The zero-order valence-electron chi connectivity index (χ0n) is 14.7. The molecule has 26 heavy (non-hydrogen) atoms. The van der Waals surface area contributed by atoms with E-state index >= 15 is 0 Å². The van der Waals surface area contributed by atoms with Crippen LogP contribution in [0, 0.1) is 5.82 Å². The van der Waals surface area contributed by atoms with Crippen molar-refractivity contribution >= 4 is 6.03 Å². The highest BCUT2D eigenvalue weighted by Crippen LogP contribution is 2.13. The Labute approximate surface area is 153 Å². The van der Waals surface area contributed by atoms with Gasteiger partial charge in [-0.05, 0) is 17.2 Å². The van der Waals surface area contributed by atoms with Gasteiger partial charge in [0.1, 0.15) is 5.82 Å². The van der Waals surface area contributed by atoms with E-state index in [4.69, 9.17) is 4.74 Å². The maximum Gasteiger partial charge on any atom is 0.315 e. The zero-order chi connectivity index (χ0) is 18.2. The number of nitrogens with zero attached hydrogens (tertiary/aromatic N) is 1. The fraction of sp³-hybridized carbons (Fsp3) is 0.350. The van der Waals surface area contributed by atoms with Gasteiger partial charge in [0.15, 0.2) is 0 Å². The van der Waals surface area contributed by atoms with E-state index in [9.17, 15) is 9.18 Å². The lowest BCUT2D eigenvalue weighted by molar-refractivity contribution is 0.0341. The quantitative estimate of drug-likeness (QED) is 0.836. The smallest absolute Gasteiger partial charge is 0.315 e. The highest BCUT2D eigenvalue weighted by molar-refractivity contribution is 5.73. The molecule has 2 aromatic rings. The van der Waals surface area contributed by atoms with Crippen molar-refractivity contribution in [3.8, 4) is 0 Å². The van der Waals surface area contributed by atoms with E-state index in [2.05, 4.69) is 21.6 Å². The molecular formula is C20H24FN3O2. The standard InChI is InChI=1S/C20H24FN3O2/c21-19-8-4-3-6-17(19)14-23-20(25)22-13-16-5-1-2-7-18(16)15-24-9-11-26-12-10-24/h1-8H,9-15H2,(H2,22,23,25). The minimum absolute atomic E-state index is 0.161. The Morgan fingerprint density at radius 2 is 1.50 bits per heavy atom. The highest BCUT2D eigenvalue weighted by Gasteiger charge is 2.13. The molecule has 2 N–H and O–H groups in total. The molecule has 0 spiro atoms. The van der Waals surface area contributed by atoms with Crippen LogP contribution in [0.15, 0.2) is 48.5 Å². The van der Waals surface area contributed by atoms with E-state index in [1.807, 2.05) is 18.2 Å². The van der Waals surface area contributed by atoms with Gasteiger partial charge in [0.25, 0.3) is 0 Å². The van der Waals surface area contributed by atoms with Crippen molar-refractivity contribution in [3.05, 3.63) is 71.0 Å². The van der Waals surface area contributed by atoms with Gasteiger partial charge in [0.05, 0.1) is 13.2 Å². The molecule has 0 atom stereocenters. The molecule has 5 nitrogen and oxygen atoms in total. The molecule has 138 valence electrons. The fourth-order valence-electron chi connectivity index (χ4n) is 2.94. The summed E-state index contributed by atoms with van der Waals surface area (Å²) in [4.78, 5) is 14.4. The van der Waals surface area contributed by atoms with Crippen LogP contribution in [-0.2, 0) is 24.4 Å². The third-order valence-electron chi connectivity index (χ3n) is 4.45. The molecule has 0 bridgehead atoms. The summed E-state index contributed by atoms with van der Waals surface area (Å²) in [5.74, 6) is -0.316. The molecule has 6 heteroatoms. The number of hydrogen-bond donors (Lipinski definition) is 2. The van der Waals surface area contributed by atoms with Crippen LogP contribution < -0.4 is 10.6 Å². The molecule has 1 fully saturated rings. The number of nitrogens with one attached hydrogen (secondary N) is 2. The van der Waals surface area contributed by atoms with Crippen molar-refractivity contribution in [2.24, 2.45) is 0 Å². The molecule has 0 saturated carbocycles. The largest absolute Gasteiger partial charge is 0.379 e. The van der Waals surface area contributed by atoms with Crippen LogP contribution in [-0.4, -0.2) is 37.2 Å². The number of urea groups is 1. The first-order valence-electron chi connectivity index (χ1n) is 8.84. The van der Waals surface area contributed by atoms with Crippen LogP contribution in [0.2, 0.25) is 0 Å². The Bertz CT molecular complexity index is 733. The van der Waals surface area contributed by atoms with Gasteiger partial charge in [-0.3, -0.25) is 4.90 Å². The maximum absolute atomic E-state index is 13.6. The molecule has 1 saturated heterocycles. The van der Waals surface area contributed by atoms with Gasteiger partial charge in [-0.1, -0.05) is 42.5 Å². The number of hydrogen-bond acceptors (Lipinski definition) is 3. The zero-order valence-corrected chi connectivity index (χ0v) is 14.7. The second kappa shape index (κ2) is 9.31. The molecular weight excluding hydrogens is 333 g/mol. The normalized spacial score (nSPS) is 14.8. The lowest BCUT2D eigenvalue weighted by atomic mass is 10.1. The van der Waals surface area contributed by atoms with Crippen LogP contribution in [0.3, 0.4) is 0 Å². The summed E-state index contributed by atoms with van der Waals surface area (Å²) in [5, 5.41) is 5.54. The van der Waals surface area contributed by atoms with Gasteiger partial charge in [0, 0.05) is 38.3 Å². The molecule has 1 heterocycles. The van der Waals surface area contributed by atoms with Crippen molar-refractivity contribution in [1.82, 2.24) is 15.5 Å². The Balaban J connectivity index is 1.51. The van der Waals surface area contributed by atoms with E-state index in [0.29, 0.717) is 12.1 Å². The van der Waals surface area contributed by atoms with Crippen molar-refractivity contribution in [3.63, 3.8) is 0 Å². The van der Waals surface area contributed by atoms with Crippen LogP contribution in [0.5, 0.6) is 0 Å². The lowest BCUT2D eigenvalue weighted by Gasteiger charge is -2.27. The second-order valence-electron chi connectivity index (χ2n) is 6.28. The summed E-state index contributed by atoms with van der Waals surface area (Å²) >= 11 is 0. The third-order valence-corrected chi connectivity index (χ3v) is 4.45. The van der Waals surface area contributed by atoms with Crippen molar-refractivity contribution in [1.29, 1.82) is 0 Å².